The van der Waals surface area contributed by atoms with Crippen molar-refractivity contribution in [1.29, 1.82) is 0 Å². The molecule has 138 valence electrons. The Hall–Kier alpha value is -2.91. The number of nitrogens with zero attached hydrogens (tertiary/aromatic N) is 2. The number of carbonyl (C=O) groups excluding carboxylic acids is 1. The first kappa shape index (κ1) is 17.9. The number of anilines is 1. The lowest BCUT2D eigenvalue weighted by atomic mass is 9.77. The van der Waals surface area contributed by atoms with Crippen LogP contribution < -0.4 is 4.90 Å². The van der Waals surface area contributed by atoms with Gasteiger partial charge in [0.1, 0.15) is 11.7 Å². The van der Waals surface area contributed by atoms with Gasteiger partial charge in [-0.2, -0.15) is 13.2 Å². The van der Waals surface area contributed by atoms with Crippen LogP contribution in [0.4, 0.5) is 24.5 Å². The molecule has 3 rings (SSSR count). The topological polar surface area (TPSA) is 101 Å². The first-order valence-corrected chi connectivity index (χ1v) is 7.62. The van der Waals surface area contributed by atoms with Crippen LogP contribution in [-0.2, 0) is 9.59 Å². The van der Waals surface area contributed by atoms with Crippen molar-refractivity contribution in [2.45, 2.75) is 31.5 Å². The fourth-order valence-electron chi connectivity index (χ4n) is 3.76. The summed E-state index contributed by atoms with van der Waals surface area (Å²) in [6.45, 7) is 1.54. The molecule has 1 aromatic carbocycles. The van der Waals surface area contributed by atoms with Crippen LogP contribution in [0.25, 0.3) is 0 Å². The van der Waals surface area contributed by atoms with Crippen LogP contribution in [0.5, 0.6) is 0 Å². The number of nitro groups is 1. The van der Waals surface area contributed by atoms with Crippen LogP contribution in [0, 0.1) is 23.0 Å². The lowest BCUT2D eigenvalue weighted by Crippen LogP contribution is -2.57. The molecule has 26 heavy (non-hydrogen) atoms. The van der Waals surface area contributed by atoms with Gasteiger partial charge in [0.15, 0.2) is 0 Å². The van der Waals surface area contributed by atoms with Gasteiger partial charge in [-0.25, -0.2) is 4.79 Å². The van der Waals surface area contributed by atoms with E-state index in [-0.39, 0.29) is 16.9 Å². The second kappa shape index (κ2) is 5.82. The fraction of sp³-hybridized carbons (Fsp3) is 0.375. The molecule has 2 aliphatic rings. The molecule has 0 aromatic heterocycles. The van der Waals surface area contributed by atoms with Crippen molar-refractivity contribution in [3.05, 3.63) is 45.5 Å². The van der Waals surface area contributed by atoms with Crippen LogP contribution in [0.15, 0.2) is 24.3 Å². The highest BCUT2D eigenvalue weighted by molar-refractivity contribution is 6.05. The number of nitro benzene ring substituents is 1. The maximum atomic E-state index is 13.2. The van der Waals surface area contributed by atoms with Crippen molar-refractivity contribution in [2.75, 3.05) is 4.90 Å². The lowest BCUT2D eigenvalue weighted by Gasteiger charge is -2.41. The highest BCUT2D eigenvalue weighted by Crippen LogP contribution is 2.51. The molecule has 7 nitrogen and oxygen atoms in total. The molecular weight excluding hydrogens is 357 g/mol. The number of halogens is 3. The van der Waals surface area contributed by atoms with Crippen molar-refractivity contribution >= 4 is 23.3 Å². The van der Waals surface area contributed by atoms with Crippen molar-refractivity contribution in [3.8, 4) is 0 Å². The molecule has 0 radical (unpaired) electrons. The smallest absolute Gasteiger partial charge is 0.471 e. The molecule has 1 N–H and O–H groups in total. The lowest BCUT2D eigenvalue weighted by molar-refractivity contribution is -0.384. The Bertz CT molecular complexity index is 849. The third-order valence-electron chi connectivity index (χ3n) is 4.67. The molecule has 0 saturated carbocycles. The van der Waals surface area contributed by atoms with Crippen LogP contribution >= 0.6 is 0 Å². The Balaban J connectivity index is 2.35. The van der Waals surface area contributed by atoms with Gasteiger partial charge in [0.25, 0.3) is 5.69 Å². The average molecular weight is 370 g/mol. The Labute approximate surface area is 144 Å². The van der Waals surface area contributed by atoms with E-state index in [2.05, 4.69) is 0 Å². The molecule has 0 unspecified atom stereocenters. The first-order valence-electron chi connectivity index (χ1n) is 7.62. The summed E-state index contributed by atoms with van der Waals surface area (Å²) in [7, 11) is 0. The number of hydrogen-bond donors (Lipinski definition) is 1. The summed E-state index contributed by atoms with van der Waals surface area (Å²) in [6.07, 6.45) is -1.98. The fourth-order valence-corrected chi connectivity index (χ4v) is 3.76. The second-order valence-corrected chi connectivity index (χ2v) is 6.29. The minimum Gasteiger partial charge on any atom is -0.480 e. The number of carbonyl (C=O) groups is 2. The van der Waals surface area contributed by atoms with Gasteiger partial charge in [0.2, 0.25) is 0 Å². The van der Waals surface area contributed by atoms with E-state index in [9.17, 15) is 38.0 Å². The Morgan fingerprint density at radius 2 is 2.00 bits per heavy atom. The summed E-state index contributed by atoms with van der Waals surface area (Å²) >= 11 is 0. The normalized spacial score (nSPS) is 24.2. The van der Waals surface area contributed by atoms with Crippen molar-refractivity contribution in [1.82, 2.24) is 0 Å². The molecule has 0 spiro atoms. The number of amides is 1. The number of carboxylic acids is 1. The maximum Gasteiger partial charge on any atom is 0.471 e. The molecule has 1 aliphatic carbocycles. The second-order valence-electron chi connectivity index (χ2n) is 6.29. The largest absolute Gasteiger partial charge is 0.480 e. The van der Waals surface area contributed by atoms with Crippen molar-refractivity contribution < 1.29 is 32.8 Å². The van der Waals surface area contributed by atoms with Crippen molar-refractivity contribution in [3.63, 3.8) is 0 Å². The zero-order valence-electron chi connectivity index (χ0n) is 13.4. The predicted molar refractivity (Wildman–Crippen MR) is 82.8 cm³/mol. The van der Waals surface area contributed by atoms with E-state index in [1.54, 1.807) is 19.1 Å². The Kier molecular flexibility index (Phi) is 4.01. The summed E-state index contributed by atoms with van der Waals surface area (Å²) in [6, 6.07) is 0.649. The molecule has 1 heterocycles. The van der Waals surface area contributed by atoms with Gasteiger partial charge in [-0.05, 0) is 24.5 Å². The van der Waals surface area contributed by atoms with E-state index in [0.29, 0.717) is 5.56 Å². The molecule has 1 aromatic rings. The van der Waals surface area contributed by atoms with E-state index in [1.165, 1.54) is 6.07 Å². The first-order chi connectivity index (χ1) is 12.0. The van der Waals surface area contributed by atoms with Gasteiger partial charge in [0, 0.05) is 17.9 Å². The minimum absolute atomic E-state index is 0.0450. The molecule has 10 heteroatoms. The zero-order valence-corrected chi connectivity index (χ0v) is 13.4. The molecule has 0 saturated heterocycles. The average Bonchev–Trinajstić information content (AvgIpc) is 3.00. The number of rotatable bonds is 2. The van der Waals surface area contributed by atoms with Crippen LogP contribution in [-0.4, -0.2) is 34.1 Å². The predicted octanol–water partition coefficient (Wildman–Crippen LogP) is 2.93. The van der Waals surface area contributed by atoms with Crippen LogP contribution in [0.1, 0.15) is 23.5 Å². The molecule has 1 aliphatic heterocycles. The molecule has 1 amide bonds. The summed E-state index contributed by atoms with van der Waals surface area (Å²) in [5.74, 6) is -5.50. The number of aliphatic carboxylic acids is 1. The van der Waals surface area contributed by atoms with Crippen LogP contribution in [0.2, 0.25) is 0 Å². The standard InChI is InChI=1S/C16H13F3N2O5/c1-7-5-10-8-3-2-4-9(8)13(14(22)23)20(15(24)16(17,18)19)12(10)11(6-7)21(25)26/h2-3,5-6,8-9,13H,4H2,1H3,(H,22,23)/t8-,9+,13-/m0/s1. The summed E-state index contributed by atoms with van der Waals surface area (Å²) in [5.41, 5.74) is -0.723. The van der Waals surface area contributed by atoms with E-state index in [4.69, 9.17) is 0 Å². The van der Waals surface area contributed by atoms with Gasteiger partial charge in [-0.1, -0.05) is 18.2 Å². The number of allylic oxidation sites excluding steroid dienone is 2. The van der Waals surface area contributed by atoms with E-state index < -0.39 is 52.2 Å². The highest BCUT2D eigenvalue weighted by Gasteiger charge is 2.55. The minimum atomic E-state index is -5.37. The quantitative estimate of drug-likeness (QED) is 0.490. The zero-order chi connectivity index (χ0) is 19.4. The summed E-state index contributed by atoms with van der Waals surface area (Å²) in [5, 5.41) is 21.0. The molecular formula is C16H13F3N2O5. The Morgan fingerprint density at radius 3 is 2.54 bits per heavy atom. The Morgan fingerprint density at radius 1 is 1.35 bits per heavy atom. The van der Waals surface area contributed by atoms with E-state index in [0.717, 1.165) is 6.07 Å². The summed E-state index contributed by atoms with van der Waals surface area (Å²) in [4.78, 5) is 34.4. The van der Waals surface area contributed by atoms with Crippen molar-refractivity contribution in [2.24, 2.45) is 5.92 Å². The number of carboxylic acid groups (broad SMARTS) is 1. The number of hydrogen-bond acceptors (Lipinski definition) is 4. The van der Waals surface area contributed by atoms with Crippen LogP contribution in [0.3, 0.4) is 0 Å². The number of fused-ring (bicyclic) bond motifs is 3. The molecule has 0 fully saturated rings. The molecule has 0 bridgehead atoms. The summed E-state index contributed by atoms with van der Waals surface area (Å²) < 4.78 is 39.5. The third kappa shape index (κ3) is 2.61. The number of alkyl halides is 3. The third-order valence-corrected chi connectivity index (χ3v) is 4.67. The maximum absolute atomic E-state index is 13.2. The van der Waals surface area contributed by atoms with E-state index in [1.807, 2.05) is 0 Å². The van der Waals surface area contributed by atoms with Gasteiger partial charge >= 0.3 is 18.1 Å². The van der Waals surface area contributed by atoms with Gasteiger partial charge in [-0.3, -0.25) is 19.8 Å². The van der Waals surface area contributed by atoms with Gasteiger partial charge in [0.05, 0.1) is 4.92 Å². The highest BCUT2D eigenvalue weighted by atomic mass is 19.4. The number of aryl methyl sites for hydroxylation is 1. The molecule has 3 atom stereocenters. The van der Waals surface area contributed by atoms with Gasteiger partial charge < -0.3 is 5.11 Å². The van der Waals surface area contributed by atoms with E-state index >= 15 is 0 Å². The SMILES string of the molecule is Cc1cc2c(c([N+](=O)[O-])c1)N(C(=O)C(F)(F)F)[C@H](C(=O)O)[C@@H]1CC=C[C@H]21. The van der Waals surface area contributed by atoms with Gasteiger partial charge in [-0.15, -0.1) is 0 Å². The monoisotopic (exact) mass is 370 g/mol. The number of benzene rings is 1.